The molecule has 0 spiro atoms. The van der Waals surface area contributed by atoms with E-state index >= 15 is 0 Å². The highest BCUT2D eigenvalue weighted by Crippen LogP contribution is 2.30. The molecular weight excluding hydrogens is 430 g/mol. The molecule has 34 heavy (non-hydrogen) atoms. The van der Waals surface area contributed by atoms with Crippen molar-refractivity contribution in [3.05, 3.63) is 64.8 Å². The molecule has 1 aromatic heterocycles. The molecule has 3 aromatic rings. The highest BCUT2D eigenvalue weighted by atomic mass is 16.6. The van der Waals surface area contributed by atoms with Gasteiger partial charge in [-0.05, 0) is 74.6 Å². The second kappa shape index (κ2) is 10.8. The van der Waals surface area contributed by atoms with E-state index in [2.05, 4.69) is 35.9 Å². The number of aromatic nitrogens is 1. The number of benzene rings is 2. The molecule has 0 amide bonds. The predicted octanol–water partition coefficient (Wildman–Crippen LogP) is 5.71. The van der Waals surface area contributed by atoms with Crippen molar-refractivity contribution in [3.8, 4) is 5.75 Å². The standard InChI is InChI=1S/C28H35NO5/c1-7-14-29-18-22(16-20-10-11-21(27(31)33-6)17-25(20)32-5)23-15-19(8-12-24(23)29)9-13-26(30)34-28(2,3)4/h8,10-12,15,17-18H,7,9,13-14,16H2,1-6H3. The van der Waals surface area contributed by atoms with Crippen molar-refractivity contribution in [1.29, 1.82) is 0 Å². The van der Waals surface area contributed by atoms with Gasteiger partial charge in [0.15, 0.2) is 0 Å². The molecule has 0 N–H and O–H groups in total. The van der Waals surface area contributed by atoms with E-state index < -0.39 is 5.60 Å². The highest BCUT2D eigenvalue weighted by molar-refractivity contribution is 5.90. The topological polar surface area (TPSA) is 66.8 Å². The molecule has 0 saturated heterocycles. The smallest absolute Gasteiger partial charge is 0.337 e. The van der Waals surface area contributed by atoms with Crippen LogP contribution in [0.4, 0.5) is 0 Å². The summed E-state index contributed by atoms with van der Waals surface area (Å²) >= 11 is 0. The van der Waals surface area contributed by atoms with Crippen LogP contribution < -0.4 is 4.74 Å². The number of aryl methyl sites for hydroxylation is 2. The van der Waals surface area contributed by atoms with Gasteiger partial charge in [0.25, 0.3) is 0 Å². The summed E-state index contributed by atoms with van der Waals surface area (Å²) in [6.45, 7) is 8.73. The molecule has 0 atom stereocenters. The first-order valence-corrected chi connectivity index (χ1v) is 11.7. The van der Waals surface area contributed by atoms with E-state index in [4.69, 9.17) is 14.2 Å². The number of esters is 2. The minimum atomic E-state index is -0.478. The molecule has 0 aliphatic rings. The van der Waals surface area contributed by atoms with E-state index in [-0.39, 0.29) is 11.9 Å². The van der Waals surface area contributed by atoms with Gasteiger partial charge in [0.05, 0.1) is 19.8 Å². The van der Waals surface area contributed by atoms with Crippen LogP contribution in [0.5, 0.6) is 5.75 Å². The maximum absolute atomic E-state index is 12.2. The lowest BCUT2D eigenvalue weighted by molar-refractivity contribution is -0.154. The van der Waals surface area contributed by atoms with Crippen molar-refractivity contribution < 1.29 is 23.8 Å². The lowest BCUT2D eigenvalue weighted by Crippen LogP contribution is -2.24. The Balaban J connectivity index is 1.91. The first-order valence-electron chi connectivity index (χ1n) is 11.7. The third-order valence-corrected chi connectivity index (χ3v) is 5.62. The third-order valence-electron chi connectivity index (χ3n) is 5.62. The third kappa shape index (κ3) is 6.19. The first-order chi connectivity index (χ1) is 16.1. The van der Waals surface area contributed by atoms with Gasteiger partial charge in [-0.3, -0.25) is 4.79 Å². The van der Waals surface area contributed by atoms with Crippen molar-refractivity contribution in [1.82, 2.24) is 4.57 Å². The van der Waals surface area contributed by atoms with E-state index in [0.717, 1.165) is 29.5 Å². The number of ether oxygens (including phenoxy) is 3. The molecule has 0 unspecified atom stereocenters. The monoisotopic (exact) mass is 465 g/mol. The molecule has 2 aromatic carbocycles. The summed E-state index contributed by atoms with van der Waals surface area (Å²) in [5.74, 6) is 0.0752. The summed E-state index contributed by atoms with van der Waals surface area (Å²) in [6, 6.07) is 11.8. The molecular formula is C28H35NO5. The van der Waals surface area contributed by atoms with E-state index in [1.54, 1.807) is 19.2 Å². The van der Waals surface area contributed by atoms with Crippen LogP contribution in [-0.4, -0.2) is 36.3 Å². The fraction of sp³-hybridized carbons (Fsp3) is 0.429. The zero-order chi connectivity index (χ0) is 24.9. The molecule has 1 heterocycles. The summed E-state index contributed by atoms with van der Waals surface area (Å²) in [5.41, 5.74) is 4.41. The van der Waals surface area contributed by atoms with E-state index in [0.29, 0.717) is 30.6 Å². The molecule has 0 aliphatic carbocycles. The van der Waals surface area contributed by atoms with Gasteiger partial charge in [0.2, 0.25) is 0 Å². The number of fused-ring (bicyclic) bond motifs is 1. The quantitative estimate of drug-likeness (QED) is 0.379. The van der Waals surface area contributed by atoms with Crippen molar-refractivity contribution in [2.24, 2.45) is 0 Å². The van der Waals surface area contributed by atoms with E-state index in [1.165, 1.54) is 18.2 Å². The van der Waals surface area contributed by atoms with E-state index in [9.17, 15) is 9.59 Å². The average Bonchev–Trinajstić information content (AvgIpc) is 3.13. The summed E-state index contributed by atoms with van der Waals surface area (Å²) in [6.07, 6.45) is 4.85. The molecule has 0 bridgehead atoms. The van der Waals surface area contributed by atoms with Gasteiger partial charge in [0.1, 0.15) is 11.4 Å². The molecule has 0 radical (unpaired) electrons. The van der Waals surface area contributed by atoms with Crippen molar-refractivity contribution in [3.63, 3.8) is 0 Å². The summed E-state index contributed by atoms with van der Waals surface area (Å²) < 4.78 is 18.1. The second-order valence-electron chi connectivity index (χ2n) is 9.48. The van der Waals surface area contributed by atoms with Crippen molar-refractivity contribution in [2.45, 2.75) is 65.5 Å². The summed E-state index contributed by atoms with van der Waals surface area (Å²) in [5, 5.41) is 1.16. The summed E-state index contributed by atoms with van der Waals surface area (Å²) in [4.78, 5) is 24.1. The minimum Gasteiger partial charge on any atom is -0.496 e. The van der Waals surface area contributed by atoms with Crippen LogP contribution in [0.1, 0.15) is 67.6 Å². The fourth-order valence-electron chi connectivity index (χ4n) is 4.12. The minimum absolute atomic E-state index is 0.188. The Hall–Kier alpha value is -3.28. The molecule has 6 heteroatoms. The molecule has 0 saturated carbocycles. The molecule has 182 valence electrons. The Bertz CT molecular complexity index is 1170. The number of rotatable bonds is 9. The Labute approximate surface area is 201 Å². The lowest BCUT2D eigenvalue weighted by Gasteiger charge is -2.19. The molecule has 0 aliphatic heterocycles. The molecule has 0 fully saturated rings. The van der Waals surface area contributed by atoms with Gasteiger partial charge < -0.3 is 18.8 Å². The van der Waals surface area contributed by atoms with Crippen LogP contribution in [0.25, 0.3) is 10.9 Å². The van der Waals surface area contributed by atoms with Gasteiger partial charge in [-0.25, -0.2) is 4.79 Å². The maximum Gasteiger partial charge on any atom is 0.337 e. The number of nitrogens with zero attached hydrogens (tertiary/aromatic N) is 1. The molecule has 3 rings (SSSR count). The second-order valence-corrected chi connectivity index (χ2v) is 9.48. The normalized spacial score (nSPS) is 11.5. The Kier molecular flexibility index (Phi) is 8.02. The van der Waals surface area contributed by atoms with Crippen LogP contribution in [0.15, 0.2) is 42.6 Å². The first kappa shape index (κ1) is 25.3. The Morgan fingerprint density at radius 2 is 1.76 bits per heavy atom. The van der Waals surface area contributed by atoms with Crippen LogP contribution in [0.3, 0.4) is 0 Å². The summed E-state index contributed by atoms with van der Waals surface area (Å²) in [7, 11) is 2.97. The lowest BCUT2D eigenvalue weighted by atomic mass is 10.00. The van der Waals surface area contributed by atoms with E-state index in [1.807, 2.05) is 26.8 Å². The highest BCUT2D eigenvalue weighted by Gasteiger charge is 2.17. The van der Waals surface area contributed by atoms with Gasteiger partial charge >= 0.3 is 11.9 Å². The van der Waals surface area contributed by atoms with Crippen molar-refractivity contribution >= 4 is 22.8 Å². The van der Waals surface area contributed by atoms with Crippen LogP contribution in [0.2, 0.25) is 0 Å². The SMILES string of the molecule is CCCn1cc(Cc2ccc(C(=O)OC)cc2OC)c2cc(CCC(=O)OC(C)(C)C)ccc21. The molecule has 6 nitrogen and oxygen atoms in total. The zero-order valence-corrected chi connectivity index (χ0v) is 21.1. The number of carbonyl (C=O) groups excluding carboxylic acids is 2. The van der Waals surface area contributed by atoms with Crippen LogP contribution >= 0.6 is 0 Å². The number of carbonyl (C=O) groups is 2. The van der Waals surface area contributed by atoms with Gasteiger partial charge in [-0.2, -0.15) is 0 Å². The fourth-order valence-corrected chi connectivity index (χ4v) is 4.12. The van der Waals surface area contributed by atoms with Crippen molar-refractivity contribution in [2.75, 3.05) is 14.2 Å². The average molecular weight is 466 g/mol. The van der Waals surface area contributed by atoms with Gasteiger partial charge in [-0.15, -0.1) is 0 Å². The van der Waals surface area contributed by atoms with Gasteiger partial charge in [0, 0.05) is 36.5 Å². The van der Waals surface area contributed by atoms with Crippen LogP contribution in [0, 0.1) is 0 Å². The largest absolute Gasteiger partial charge is 0.496 e. The zero-order valence-electron chi connectivity index (χ0n) is 21.1. The Morgan fingerprint density at radius 3 is 2.41 bits per heavy atom. The predicted molar refractivity (Wildman–Crippen MR) is 134 cm³/mol. The Morgan fingerprint density at radius 1 is 1.00 bits per heavy atom. The number of methoxy groups -OCH3 is 2. The maximum atomic E-state index is 12.2. The van der Waals surface area contributed by atoms with Crippen LogP contribution in [-0.2, 0) is 33.7 Å². The number of hydrogen-bond donors (Lipinski definition) is 0. The number of hydrogen-bond acceptors (Lipinski definition) is 5. The van der Waals surface area contributed by atoms with Gasteiger partial charge in [-0.1, -0.05) is 19.1 Å².